The molecule has 1 N–H and O–H groups in total. The van der Waals surface area contributed by atoms with Crippen LogP contribution >= 0.6 is 0 Å². The third-order valence-corrected chi connectivity index (χ3v) is 4.21. The van der Waals surface area contributed by atoms with Gasteiger partial charge in [0.15, 0.2) is 0 Å². The van der Waals surface area contributed by atoms with Gasteiger partial charge in [0.05, 0.1) is 12.1 Å². The number of nitrogens with zero attached hydrogens (tertiary/aromatic N) is 5. The fraction of sp³-hybridized carbons (Fsp3) is 0.412. The van der Waals surface area contributed by atoms with Crippen LogP contribution in [-0.2, 0) is 0 Å². The molecule has 1 atom stereocenters. The molecule has 1 aliphatic rings. The number of β-amino-alcohol motifs (C(OH)–C–C–N with tert-alkyl or cyclic N) is 1. The quantitative estimate of drug-likeness (QED) is 0.898. The molecule has 0 aromatic carbocycles. The highest BCUT2D eigenvalue weighted by Gasteiger charge is 2.38. The summed E-state index contributed by atoms with van der Waals surface area (Å²) < 4.78 is 0. The lowest BCUT2D eigenvalue weighted by atomic mass is 10.0. The standard InChI is InChI=1S/C17H21N5O2/c1-13-19-9-14(10-20-13)16(23)21(2)11-17(24)6-8-22(12-17)15-5-3-4-7-18-15/h3-5,7,9-10,24H,6,8,11-12H2,1-2H3/t17-/m0/s1. The number of hydrogen-bond acceptors (Lipinski definition) is 6. The average Bonchev–Trinajstić information content (AvgIpc) is 2.97. The van der Waals surface area contributed by atoms with Crippen molar-refractivity contribution in [3.63, 3.8) is 0 Å². The van der Waals surface area contributed by atoms with E-state index in [1.54, 1.807) is 20.2 Å². The van der Waals surface area contributed by atoms with Gasteiger partial charge in [-0.2, -0.15) is 0 Å². The van der Waals surface area contributed by atoms with Gasteiger partial charge in [0.2, 0.25) is 0 Å². The number of anilines is 1. The van der Waals surface area contributed by atoms with E-state index in [2.05, 4.69) is 15.0 Å². The highest BCUT2D eigenvalue weighted by Crippen LogP contribution is 2.26. The third-order valence-electron chi connectivity index (χ3n) is 4.21. The molecule has 0 aliphatic carbocycles. The first-order valence-corrected chi connectivity index (χ1v) is 7.89. The Balaban J connectivity index is 1.64. The Bertz CT molecular complexity index is 707. The fourth-order valence-electron chi connectivity index (χ4n) is 2.96. The van der Waals surface area contributed by atoms with E-state index in [4.69, 9.17) is 0 Å². The summed E-state index contributed by atoms with van der Waals surface area (Å²) in [6.07, 6.45) is 5.35. The maximum atomic E-state index is 12.4. The van der Waals surface area contributed by atoms with Crippen LogP contribution in [0.25, 0.3) is 0 Å². The van der Waals surface area contributed by atoms with Gasteiger partial charge in [0.25, 0.3) is 5.91 Å². The van der Waals surface area contributed by atoms with Gasteiger partial charge in [-0.3, -0.25) is 4.79 Å². The molecule has 0 spiro atoms. The van der Waals surface area contributed by atoms with E-state index in [0.29, 0.717) is 30.9 Å². The number of aryl methyl sites for hydroxylation is 1. The zero-order valence-electron chi connectivity index (χ0n) is 13.9. The molecule has 0 bridgehead atoms. The van der Waals surface area contributed by atoms with Crippen LogP contribution in [0.1, 0.15) is 22.6 Å². The molecule has 2 aromatic rings. The number of carbonyl (C=O) groups excluding carboxylic acids is 1. The van der Waals surface area contributed by atoms with E-state index >= 15 is 0 Å². The summed E-state index contributed by atoms with van der Waals surface area (Å²) in [7, 11) is 1.68. The van der Waals surface area contributed by atoms with E-state index < -0.39 is 5.60 Å². The van der Waals surface area contributed by atoms with Gasteiger partial charge < -0.3 is 14.9 Å². The molecule has 1 saturated heterocycles. The smallest absolute Gasteiger partial charge is 0.256 e. The summed E-state index contributed by atoms with van der Waals surface area (Å²) in [4.78, 5) is 28.4. The number of rotatable bonds is 4. The maximum Gasteiger partial charge on any atom is 0.256 e. The van der Waals surface area contributed by atoms with Gasteiger partial charge in [0.1, 0.15) is 17.2 Å². The monoisotopic (exact) mass is 327 g/mol. The second-order valence-corrected chi connectivity index (χ2v) is 6.26. The summed E-state index contributed by atoms with van der Waals surface area (Å²) >= 11 is 0. The Morgan fingerprint density at radius 3 is 2.75 bits per heavy atom. The molecule has 1 fully saturated rings. The number of hydrogen-bond donors (Lipinski definition) is 1. The molecule has 0 unspecified atom stereocenters. The topological polar surface area (TPSA) is 82.5 Å². The third kappa shape index (κ3) is 3.51. The van der Waals surface area contributed by atoms with Gasteiger partial charge in [-0.05, 0) is 25.5 Å². The summed E-state index contributed by atoms with van der Waals surface area (Å²) in [5.41, 5.74) is -0.528. The van der Waals surface area contributed by atoms with Crippen molar-refractivity contribution in [2.75, 3.05) is 31.6 Å². The molecule has 24 heavy (non-hydrogen) atoms. The van der Waals surface area contributed by atoms with E-state index in [1.165, 1.54) is 17.3 Å². The Morgan fingerprint density at radius 1 is 1.33 bits per heavy atom. The molecular weight excluding hydrogens is 306 g/mol. The normalized spacial score (nSPS) is 20.2. The molecule has 126 valence electrons. The van der Waals surface area contributed by atoms with Crippen LogP contribution in [0.3, 0.4) is 0 Å². The van der Waals surface area contributed by atoms with Crippen LogP contribution in [0.5, 0.6) is 0 Å². The Labute approximate surface area is 141 Å². The maximum absolute atomic E-state index is 12.4. The predicted molar refractivity (Wildman–Crippen MR) is 89.7 cm³/mol. The first kappa shape index (κ1) is 16.3. The van der Waals surface area contributed by atoms with Crippen LogP contribution < -0.4 is 4.90 Å². The summed E-state index contributed by atoms with van der Waals surface area (Å²) in [6.45, 7) is 3.18. The molecule has 1 amide bonds. The minimum Gasteiger partial charge on any atom is -0.386 e. The number of pyridine rings is 1. The van der Waals surface area contributed by atoms with E-state index in [9.17, 15) is 9.90 Å². The molecule has 7 heteroatoms. The Kier molecular flexibility index (Phi) is 4.44. The molecule has 7 nitrogen and oxygen atoms in total. The van der Waals surface area contributed by atoms with Crippen LogP contribution in [0.2, 0.25) is 0 Å². The fourth-order valence-corrected chi connectivity index (χ4v) is 2.96. The van der Waals surface area contributed by atoms with Gasteiger partial charge in [-0.1, -0.05) is 6.07 Å². The molecule has 0 saturated carbocycles. The van der Waals surface area contributed by atoms with Crippen LogP contribution in [-0.4, -0.2) is 63.1 Å². The lowest BCUT2D eigenvalue weighted by Crippen LogP contribution is -2.46. The minimum absolute atomic E-state index is 0.195. The first-order valence-electron chi connectivity index (χ1n) is 7.89. The average molecular weight is 327 g/mol. The van der Waals surface area contributed by atoms with Gasteiger partial charge in [0, 0.05) is 38.7 Å². The molecule has 3 heterocycles. The molecule has 1 aliphatic heterocycles. The number of likely N-dealkylation sites (N-methyl/N-ethyl adjacent to an activating group) is 1. The highest BCUT2D eigenvalue weighted by atomic mass is 16.3. The molecule has 2 aromatic heterocycles. The lowest BCUT2D eigenvalue weighted by molar-refractivity contribution is 0.0264. The van der Waals surface area contributed by atoms with Crippen molar-refractivity contribution >= 4 is 11.7 Å². The van der Waals surface area contributed by atoms with Crippen LogP contribution in [0.4, 0.5) is 5.82 Å². The molecule has 0 radical (unpaired) electrons. The number of aromatic nitrogens is 3. The second-order valence-electron chi connectivity index (χ2n) is 6.26. The van der Waals surface area contributed by atoms with E-state index in [1.807, 2.05) is 23.1 Å². The van der Waals surface area contributed by atoms with Crippen LogP contribution in [0.15, 0.2) is 36.8 Å². The lowest BCUT2D eigenvalue weighted by Gasteiger charge is -2.29. The summed E-state index contributed by atoms with van der Waals surface area (Å²) in [6, 6.07) is 5.71. The zero-order valence-corrected chi connectivity index (χ0v) is 13.9. The van der Waals surface area contributed by atoms with Gasteiger partial charge in [-0.15, -0.1) is 0 Å². The number of amides is 1. The van der Waals surface area contributed by atoms with E-state index in [-0.39, 0.29) is 12.5 Å². The van der Waals surface area contributed by atoms with Crippen molar-refractivity contribution in [2.45, 2.75) is 18.9 Å². The molecular formula is C17H21N5O2. The largest absolute Gasteiger partial charge is 0.386 e. The van der Waals surface area contributed by atoms with Crippen molar-refractivity contribution in [3.8, 4) is 0 Å². The SMILES string of the molecule is Cc1ncc(C(=O)N(C)C[C@@]2(O)CCN(c3ccccn3)C2)cn1. The van der Waals surface area contributed by atoms with Gasteiger partial charge in [-0.25, -0.2) is 15.0 Å². The van der Waals surface area contributed by atoms with Crippen molar-refractivity contribution in [3.05, 3.63) is 48.2 Å². The summed E-state index contributed by atoms with van der Waals surface area (Å²) in [5, 5.41) is 10.8. The van der Waals surface area contributed by atoms with Crippen molar-refractivity contribution in [1.29, 1.82) is 0 Å². The Morgan fingerprint density at radius 2 is 2.08 bits per heavy atom. The van der Waals surface area contributed by atoms with Crippen molar-refractivity contribution in [1.82, 2.24) is 19.9 Å². The van der Waals surface area contributed by atoms with Crippen molar-refractivity contribution in [2.24, 2.45) is 0 Å². The Hall–Kier alpha value is -2.54. The van der Waals surface area contributed by atoms with Crippen LogP contribution in [0, 0.1) is 6.92 Å². The first-order chi connectivity index (χ1) is 11.5. The number of aliphatic hydroxyl groups is 1. The van der Waals surface area contributed by atoms with Gasteiger partial charge >= 0.3 is 0 Å². The zero-order chi connectivity index (χ0) is 17.2. The molecule has 3 rings (SSSR count). The van der Waals surface area contributed by atoms with E-state index in [0.717, 1.165) is 5.82 Å². The highest BCUT2D eigenvalue weighted by molar-refractivity contribution is 5.93. The predicted octanol–water partition coefficient (Wildman–Crippen LogP) is 0.893. The van der Waals surface area contributed by atoms with Crippen molar-refractivity contribution < 1.29 is 9.90 Å². The second kappa shape index (κ2) is 6.52. The summed E-state index contributed by atoms with van der Waals surface area (Å²) in [5.74, 6) is 1.27. The number of carbonyl (C=O) groups is 1. The minimum atomic E-state index is -0.951.